The number of benzene rings is 2. The summed E-state index contributed by atoms with van der Waals surface area (Å²) in [6.45, 7) is 3.90. The van der Waals surface area contributed by atoms with Gasteiger partial charge in [0.05, 0.1) is 0 Å². The van der Waals surface area contributed by atoms with Gasteiger partial charge in [0.2, 0.25) is 0 Å². The molecule has 4 nitrogen and oxygen atoms in total. The van der Waals surface area contributed by atoms with E-state index in [2.05, 4.69) is 0 Å². The number of aliphatic hydroxyl groups excluding tert-OH is 1. The van der Waals surface area contributed by atoms with Crippen LogP contribution < -0.4 is 0 Å². The highest BCUT2D eigenvalue weighted by Crippen LogP contribution is 2.15. The summed E-state index contributed by atoms with van der Waals surface area (Å²) >= 11 is 0. The summed E-state index contributed by atoms with van der Waals surface area (Å²) in [7, 11) is 0. The highest BCUT2D eigenvalue weighted by atomic mass is 16.3. The molecule has 0 aliphatic heterocycles. The van der Waals surface area contributed by atoms with Crippen LogP contribution >= 0.6 is 0 Å². The standard InChI is InChI=1S/C21H23NO3/c1-3-19(23)16(2)20(24)21(25)22(14-17-10-6-4-7-11-17)15-18-12-8-5-9-13-18/h4-13,24H,3,14-15H2,1-2H3/b20-16-. The Bertz CT molecular complexity index is 710. The Balaban J connectivity index is 2.30. The molecule has 0 atom stereocenters. The fraction of sp³-hybridized carbons (Fsp3) is 0.238. The third-order valence-corrected chi connectivity index (χ3v) is 4.02. The molecule has 0 saturated heterocycles. The Morgan fingerprint density at radius 1 is 0.880 bits per heavy atom. The molecule has 0 spiro atoms. The van der Waals surface area contributed by atoms with Crippen LogP contribution in [0.4, 0.5) is 0 Å². The molecule has 1 N–H and O–H groups in total. The first-order valence-corrected chi connectivity index (χ1v) is 8.33. The molecule has 0 aromatic heterocycles. The Morgan fingerprint density at radius 2 is 1.32 bits per heavy atom. The van der Waals surface area contributed by atoms with Crippen molar-refractivity contribution in [2.75, 3.05) is 0 Å². The third kappa shape index (κ3) is 5.05. The summed E-state index contributed by atoms with van der Waals surface area (Å²) < 4.78 is 0. The van der Waals surface area contributed by atoms with Gasteiger partial charge in [0, 0.05) is 25.1 Å². The van der Waals surface area contributed by atoms with Crippen LogP contribution in [0.2, 0.25) is 0 Å². The van der Waals surface area contributed by atoms with Crippen LogP contribution in [0.3, 0.4) is 0 Å². The van der Waals surface area contributed by atoms with E-state index in [4.69, 9.17) is 0 Å². The normalized spacial score (nSPS) is 11.6. The Morgan fingerprint density at radius 3 is 1.72 bits per heavy atom. The van der Waals surface area contributed by atoms with Crippen molar-refractivity contribution >= 4 is 11.7 Å². The van der Waals surface area contributed by atoms with Crippen LogP contribution in [0.15, 0.2) is 72.0 Å². The predicted octanol–water partition coefficient (Wildman–Crippen LogP) is 4.03. The van der Waals surface area contributed by atoms with Crippen LogP contribution in [0.25, 0.3) is 0 Å². The molecule has 1 amide bonds. The lowest BCUT2D eigenvalue weighted by Crippen LogP contribution is -2.32. The molecule has 0 aliphatic carbocycles. The Hall–Kier alpha value is -2.88. The van der Waals surface area contributed by atoms with Gasteiger partial charge < -0.3 is 10.0 Å². The van der Waals surface area contributed by atoms with E-state index < -0.39 is 11.7 Å². The van der Waals surface area contributed by atoms with E-state index in [1.807, 2.05) is 60.7 Å². The second-order valence-corrected chi connectivity index (χ2v) is 5.88. The lowest BCUT2D eigenvalue weighted by atomic mass is 10.1. The minimum Gasteiger partial charge on any atom is -0.503 e. The first-order chi connectivity index (χ1) is 12.0. The van der Waals surface area contributed by atoms with Crippen molar-refractivity contribution in [2.24, 2.45) is 0 Å². The fourth-order valence-electron chi connectivity index (χ4n) is 2.51. The van der Waals surface area contributed by atoms with Crippen molar-refractivity contribution in [1.29, 1.82) is 0 Å². The van der Waals surface area contributed by atoms with Crippen molar-refractivity contribution in [3.05, 3.63) is 83.1 Å². The van der Waals surface area contributed by atoms with Crippen molar-refractivity contribution in [2.45, 2.75) is 33.4 Å². The van der Waals surface area contributed by atoms with Gasteiger partial charge in [-0.15, -0.1) is 0 Å². The number of carbonyl (C=O) groups is 2. The van der Waals surface area contributed by atoms with Gasteiger partial charge in [0.1, 0.15) is 0 Å². The van der Waals surface area contributed by atoms with Crippen molar-refractivity contribution in [3.8, 4) is 0 Å². The minimum atomic E-state index is -0.535. The molecule has 0 bridgehead atoms. The molecular formula is C21H23NO3. The predicted molar refractivity (Wildman–Crippen MR) is 97.8 cm³/mol. The molecule has 2 aromatic rings. The van der Waals surface area contributed by atoms with E-state index >= 15 is 0 Å². The summed E-state index contributed by atoms with van der Waals surface area (Å²) in [6.07, 6.45) is 0.251. The SMILES string of the molecule is CCC(=O)/C(C)=C(\O)C(=O)N(Cc1ccccc1)Cc1ccccc1. The fourth-order valence-corrected chi connectivity index (χ4v) is 2.51. The van der Waals surface area contributed by atoms with Gasteiger partial charge in [-0.2, -0.15) is 0 Å². The molecule has 0 radical (unpaired) electrons. The number of allylic oxidation sites excluding steroid dienone is 1. The molecule has 4 heteroatoms. The average molecular weight is 337 g/mol. The van der Waals surface area contributed by atoms with Crippen LogP contribution in [0.5, 0.6) is 0 Å². The smallest absolute Gasteiger partial charge is 0.289 e. The highest BCUT2D eigenvalue weighted by Gasteiger charge is 2.22. The van der Waals surface area contributed by atoms with E-state index in [-0.39, 0.29) is 17.8 Å². The number of hydrogen-bond acceptors (Lipinski definition) is 3. The maximum absolute atomic E-state index is 12.8. The zero-order chi connectivity index (χ0) is 18.2. The summed E-state index contributed by atoms with van der Waals surface area (Å²) in [5.41, 5.74) is 2.02. The number of hydrogen-bond donors (Lipinski definition) is 1. The van der Waals surface area contributed by atoms with Gasteiger partial charge in [0.15, 0.2) is 11.5 Å². The zero-order valence-corrected chi connectivity index (χ0v) is 14.6. The first-order valence-electron chi connectivity index (χ1n) is 8.33. The van der Waals surface area contributed by atoms with Gasteiger partial charge in [-0.25, -0.2) is 0 Å². The van der Waals surface area contributed by atoms with E-state index in [9.17, 15) is 14.7 Å². The van der Waals surface area contributed by atoms with E-state index in [0.717, 1.165) is 11.1 Å². The topological polar surface area (TPSA) is 57.6 Å². The molecule has 2 aromatic carbocycles. The van der Waals surface area contributed by atoms with Gasteiger partial charge in [0.25, 0.3) is 5.91 Å². The molecule has 2 rings (SSSR count). The number of aliphatic hydroxyl groups is 1. The molecule has 0 fully saturated rings. The van der Waals surface area contributed by atoms with Crippen molar-refractivity contribution in [3.63, 3.8) is 0 Å². The van der Waals surface area contributed by atoms with Crippen LogP contribution in [0.1, 0.15) is 31.4 Å². The van der Waals surface area contributed by atoms with Gasteiger partial charge >= 0.3 is 0 Å². The molecule has 0 heterocycles. The second kappa shape index (κ2) is 8.83. The minimum absolute atomic E-state index is 0.110. The monoisotopic (exact) mass is 337 g/mol. The number of amides is 1. The van der Waals surface area contributed by atoms with Gasteiger partial charge in [-0.05, 0) is 18.1 Å². The number of nitrogens with zero attached hydrogens (tertiary/aromatic N) is 1. The quantitative estimate of drug-likeness (QED) is 0.613. The second-order valence-electron chi connectivity index (χ2n) is 5.88. The summed E-state index contributed by atoms with van der Waals surface area (Å²) in [5.74, 6) is -1.24. The van der Waals surface area contributed by atoms with Crippen LogP contribution in [-0.4, -0.2) is 21.7 Å². The molecule has 0 unspecified atom stereocenters. The van der Waals surface area contributed by atoms with Crippen LogP contribution in [0, 0.1) is 0 Å². The largest absolute Gasteiger partial charge is 0.503 e. The molecule has 0 aliphatic rings. The Kier molecular flexibility index (Phi) is 6.52. The van der Waals surface area contributed by atoms with E-state index in [0.29, 0.717) is 13.1 Å². The summed E-state index contributed by atoms with van der Waals surface area (Å²) in [5, 5.41) is 10.3. The van der Waals surface area contributed by atoms with E-state index in [1.165, 1.54) is 6.92 Å². The number of carbonyl (C=O) groups excluding carboxylic acids is 2. The lowest BCUT2D eigenvalue weighted by Gasteiger charge is -2.23. The Labute approximate surface area is 148 Å². The third-order valence-electron chi connectivity index (χ3n) is 4.02. The summed E-state index contributed by atoms with van der Waals surface area (Å²) in [6, 6.07) is 19.1. The number of Topliss-reactive ketones (excluding diaryl/α,β-unsaturated/α-hetero) is 1. The summed E-state index contributed by atoms with van der Waals surface area (Å²) in [4.78, 5) is 26.1. The highest BCUT2D eigenvalue weighted by molar-refractivity contribution is 6.03. The zero-order valence-electron chi connectivity index (χ0n) is 14.6. The van der Waals surface area contributed by atoms with Crippen LogP contribution in [-0.2, 0) is 22.7 Å². The molecule has 0 saturated carbocycles. The average Bonchev–Trinajstić information content (AvgIpc) is 2.66. The maximum Gasteiger partial charge on any atom is 0.289 e. The lowest BCUT2D eigenvalue weighted by molar-refractivity contribution is -0.131. The molecular weight excluding hydrogens is 314 g/mol. The van der Waals surface area contributed by atoms with Gasteiger partial charge in [-0.1, -0.05) is 67.6 Å². The number of ketones is 1. The van der Waals surface area contributed by atoms with E-state index in [1.54, 1.807) is 11.8 Å². The number of rotatable bonds is 7. The van der Waals surface area contributed by atoms with Gasteiger partial charge in [-0.3, -0.25) is 9.59 Å². The molecule has 130 valence electrons. The maximum atomic E-state index is 12.8. The van der Waals surface area contributed by atoms with Crippen molar-refractivity contribution < 1.29 is 14.7 Å². The van der Waals surface area contributed by atoms with Crippen molar-refractivity contribution in [1.82, 2.24) is 4.90 Å². The molecule has 25 heavy (non-hydrogen) atoms. The first kappa shape index (κ1) is 18.5.